The summed E-state index contributed by atoms with van der Waals surface area (Å²) in [6.45, 7) is 5.60. The second-order valence-electron chi connectivity index (χ2n) is 5.61. The third-order valence-corrected chi connectivity index (χ3v) is 3.51. The molecule has 0 unspecified atom stereocenters. The molecular weight excluding hydrogens is 288 g/mol. The number of methoxy groups -OCH3 is 1. The van der Waals surface area contributed by atoms with Gasteiger partial charge < -0.3 is 14.5 Å². The molecule has 1 aromatic carbocycles. The van der Waals surface area contributed by atoms with Crippen molar-refractivity contribution >= 4 is 28.8 Å². The molecule has 0 atom stereocenters. The molecule has 0 saturated heterocycles. The zero-order chi connectivity index (χ0) is 15.5. The van der Waals surface area contributed by atoms with Crippen molar-refractivity contribution in [2.24, 2.45) is 0 Å². The number of carbonyl (C=O) groups is 1. The average Bonchev–Trinajstić information content (AvgIpc) is 2.77. The molecule has 0 saturated carbocycles. The topological polar surface area (TPSA) is 64.2 Å². The number of hydrogen-bond acceptors (Lipinski definition) is 5. The van der Waals surface area contributed by atoms with Gasteiger partial charge >= 0.3 is 5.97 Å². The van der Waals surface area contributed by atoms with Crippen LogP contribution in [0.25, 0.3) is 11.0 Å². The Morgan fingerprint density at radius 3 is 2.81 bits per heavy atom. The van der Waals surface area contributed by atoms with Gasteiger partial charge in [-0.25, -0.2) is 4.98 Å². The fraction of sp³-hybridized carbons (Fsp3) is 0.467. The van der Waals surface area contributed by atoms with E-state index in [1.54, 1.807) is 7.11 Å². The van der Waals surface area contributed by atoms with Gasteiger partial charge in [-0.1, -0.05) is 11.8 Å². The Labute approximate surface area is 128 Å². The molecule has 1 aromatic heterocycles. The van der Waals surface area contributed by atoms with E-state index < -0.39 is 5.60 Å². The second kappa shape index (κ2) is 6.39. The van der Waals surface area contributed by atoms with E-state index in [1.807, 2.05) is 39.0 Å². The van der Waals surface area contributed by atoms with Crippen LogP contribution in [0.2, 0.25) is 0 Å². The van der Waals surface area contributed by atoms with E-state index in [9.17, 15) is 4.79 Å². The largest absolute Gasteiger partial charge is 0.497 e. The van der Waals surface area contributed by atoms with Crippen molar-refractivity contribution < 1.29 is 14.3 Å². The second-order valence-corrected chi connectivity index (χ2v) is 6.69. The number of thioether (sulfide) groups is 1. The number of hydrogen-bond donors (Lipinski definition) is 1. The number of fused-ring (bicyclic) bond motifs is 1. The molecule has 21 heavy (non-hydrogen) atoms. The van der Waals surface area contributed by atoms with Crippen molar-refractivity contribution in [2.75, 3.05) is 12.9 Å². The van der Waals surface area contributed by atoms with Crippen LogP contribution in [0.4, 0.5) is 0 Å². The molecule has 0 aliphatic rings. The summed E-state index contributed by atoms with van der Waals surface area (Å²) in [5.41, 5.74) is 1.38. The van der Waals surface area contributed by atoms with Crippen LogP contribution in [0, 0.1) is 0 Å². The van der Waals surface area contributed by atoms with Crippen LogP contribution in [0.5, 0.6) is 5.75 Å². The molecule has 2 aromatic rings. The lowest BCUT2D eigenvalue weighted by Crippen LogP contribution is -2.24. The van der Waals surface area contributed by atoms with Gasteiger partial charge in [-0.2, -0.15) is 0 Å². The number of H-pyrrole nitrogens is 1. The molecule has 0 amide bonds. The maximum atomic E-state index is 11.6. The molecule has 0 radical (unpaired) electrons. The van der Waals surface area contributed by atoms with E-state index >= 15 is 0 Å². The molecule has 114 valence electrons. The van der Waals surface area contributed by atoms with E-state index in [-0.39, 0.29) is 5.97 Å². The predicted molar refractivity (Wildman–Crippen MR) is 83.8 cm³/mol. The van der Waals surface area contributed by atoms with Gasteiger partial charge in [0.25, 0.3) is 0 Å². The summed E-state index contributed by atoms with van der Waals surface area (Å²) in [5.74, 6) is 1.23. The Hall–Kier alpha value is -1.69. The Bertz CT molecular complexity index is 631. The Morgan fingerprint density at radius 2 is 2.14 bits per heavy atom. The average molecular weight is 308 g/mol. The fourth-order valence-electron chi connectivity index (χ4n) is 1.78. The number of ether oxygens (including phenoxy) is 2. The zero-order valence-corrected chi connectivity index (χ0v) is 13.5. The van der Waals surface area contributed by atoms with E-state index in [0.29, 0.717) is 12.2 Å². The Balaban J connectivity index is 1.90. The number of nitrogens with zero attached hydrogens (tertiary/aromatic N) is 1. The van der Waals surface area contributed by atoms with Crippen LogP contribution in [-0.4, -0.2) is 34.4 Å². The normalized spacial score (nSPS) is 11.6. The molecule has 5 nitrogen and oxygen atoms in total. The summed E-state index contributed by atoms with van der Waals surface area (Å²) in [6.07, 6.45) is 0.363. The maximum Gasteiger partial charge on any atom is 0.307 e. The maximum absolute atomic E-state index is 11.6. The third kappa shape index (κ3) is 4.67. The van der Waals surface area contributed by atoms with Crippen LogP contribution in [0.3, 0.4) is 0 Å². The summed E-state index contributed by atoms with van der Waals surface area (Å²) in [6, 6.07) is 5.68. The lowest BCUT2D eigenvalue weighted by atomic mass is 10.2. The number of imidazole rings is 1. The minimum atomic E-state index is -0.433. The first-order chi connectivity index (χ1) is 9.87. The Morgan fingerprint density at radius 1 is 1.38 bits per heavy atom. The zero-order valence-electron chi connectivity index (χ0n) is 12.7. The molecule has 0 aliphatic carbocycles. The number of aromatic nitrogens is 2. The minimum absolute atomic E-state index is 0.187. The standard InChI is InChI=1S/C15H20N2O3S/c1-15(2,3)20-13(18)7-8-21-14-16-11-6-5-10(19-4)9-12(11)17-14/h5-6,9H,7-8H2,1-4H3,(H,16,17). The molecule has 2 rings (SSSR count). The van der Waals surface area contributed by atoms with Crippen molar-refractivity contribution in [1.29, 1.82) is 0 Å². The van der Waals surface area contributed by atoms with E-state index in [0.717, 1.165) is 21.9 Å². The van der Waals surface area contributed by atoms with Crippen molar-refractivity contribution in [3.63, 3.8) is 0 Å². The highest BCUT2D eigenvalue weighted by atomic mass is 32.2. The molecule has 0 bridgehead atoms. The number of nitrogens with one attached hydrogen (secondary N) is 1. The van der Waals surface area contributed by atoms with Gasteiger partial charge in [0.2, 0.25) is 0 Å². The smallest absolute Gasteiger partial charge is 0.307 e. The van der Waals surface area contributed by atoms with Gasteiger partial charge in [0.05, 0.1) is 24.6 Å². The van der Waals surface area contributed by atoms with Gasteiger partial charge in [0.1, 0.15) is 11.4 Å². The SMILES string of the molecule is COc1ccc2nc(SCCC(=O)OC(C)(C)C)[nH]c2c1. The van der Waals surface area contributed by atoms with Crippen LogP contribution in [0.1, 0.15) is 27.2 Å². The van der Waals surface area contributed by atoms with Gasteiger partial charge in [-0.15, -0.1) is 0 Å². The molecule has 0 spiro atoms. The fourth-order valence-corrected chi connectivity index (χ4v) is 2.59. The first-order valence-corrected chi connectivity index (χ1v) is 7.74. The number of esters is 1. The molecule has 0 aliphatic heterocycles. The van der Waals surface area contributed by atoms with Gasteiger partial charge in [-0.3, -0.25) is 4.79 Å². The van der Waals surface area contributed by atoms with Crippen molar-refractivity contribution in [2.45, 2.75) is 37.9 Å². The molecule has 1 N–H and O–H groups in total. The Kier molecular flexibility index (Phi) is 4.77. The number of benzene rings is 1. The lowest BCUT2D eigenvalue weighted by Gasteiger charge is -2.19. The highest BCUT2D eigenvalue weighted by Gasteiger charge is 2.16. The monoisotopic (exact) mass is 308 g/mol. The van der Waals surface area contributed by atoms with Gasteiger partial charge in [0, 0.05) is 11.8 Å². The summed E-state index contributed by atoms with van der Waals surface area (Å²) in [4.78, 5) is 19.3. The first kappa shape index (κ1) is 15.7. The first-order valence-electron chi connectivity index (χ1n) is 6.76. The number of aromatic amines is 1. The minimum Gasteiger partial charge on any atom is -0.497 e. The molecule has 1 heterocycles. The van der Waals surface area contributed by atoms with Crippen LogP contribution >= 0.6 is 11.8 Å². The number of carbonyl (C=O) groups excluding carboxylic acids is 1. The van der Waals surface area contributed by atoms with E-state index in [4.69, 9.17) is 9.47 Å². The van der Waals surface area contributed by atoms with Crippen LogP contribution < -0.4 is 4.74 Å². The predicted octanol–water partition coefficient (Wildman–Crippen LogP) is 3.40. The van der Waals surface area contributed by atoms with Crippen molar-refractivity contribution in [1.82, 2.24) is 9.97 Å². The van der Waals surface area contributed by atoms with E-state index in [2.05, 4.69) is 9.97 Å². The summed E-state index contributed by atoms with van der Waals surface area (Å²) < 4.78 is 10.4. The highest BCUT2D eigenvalue weighted by Crippen LogP contribution is 2.23. The highest BCUT2D eigenvalue weighted by molar-refractivity contribution is 7.99. The van der Waals surface area contributed by atoms with Crippen molar-refractivity contribution in [3.8, 4) is 5.75 Å². The summed E-state index contributed by atoms with van der Waals surface area (Å²) >= 11 is 1.51. The van der Waals surface area contributed by atoms with Crippen molar-refractivity contribution in [3.05, 3.63) is 18.2 Å². The van der Waals surface area contributed by atoms with Crippen LogP contribution in [-0.2, 0) is 9.53 Å². The molecule has 0 fully saturated rings. The summed E-state index contributed by atoms with van der Waals surface area (Å²) in [7, 11) is 1.63. The lowest BCUT2D eigenvalue weighted by molar-refractivity contribution is -0.154. The van der Waals surface area contributed by atoms with Gasteiger partial charge in [-0.05, 0) is 32.9 Å². The summed E-state index contributed by atoms with van der Waals surface area (Å²) in [5, 5.41) is 0.793. The van der Waals surface area contributed by atoms with E-state index in [1.165, 1.54) is 11.8 Å². The molecular formula is C15H20N2O3S. The number of rotatable bonds is 5. The quantitative estimate of drug-likeness (QED) is 0.677. The molecule has 6 heteroatoms. The third-order valence-electron chi connectivity index (χ3n) is 2.63. The van der Waals surface area contributed by atoms with Crippen LogP contribution in [0.15, 0.2) is 23.4 Å². The van der Waals surface area contributed by atoms with Gasteiger partial charge in [0.15, 0.2) is 5.16 Å².